The van der Waals surface area contributed by atoms with Crippen LogP contribution in [0.15, 0.2) is 68.6 Å². The van der Waals surface area contributed by atoms with Crippen molar-refractivity contribution in [2.24, 2.45) is 10.2 Å². The summed E-state index contributed by atoms with van der Waals surface area (Å²) in [6, 6.07) is 8.96. The van der Waals surface area contributed by atoms with Crippen molar-refractivity contribution in [3.05, 3.63) is 54.1 Å². The van der Waals surface area contributed by atoms with Crippen molar-refractivity contribution >= 4 is 137 Å². The van der Waals surface area contributed by atoms with E-state index >= 15 is 0 Å². The van der Waals surface area contributed by atoms with Crippen molar-refractivity contribution in [2.45, 2.75) is 9.79 Å². The molecule has 3 aromatic carbocycles. The van der Waals surface area contributed by atoms with Crippen LogP contribution < -0.4 is 0 Å². The predicted molar refractivity (Wildman–Crippen MR) is 120 cm³/mol. The van der Waals surface area contributed by atoms with E-state index in [0.29, 0.717) is 6.07 Å². The molecule has 0 aliphatic carbocycles. The van der Waals surface area contributed by atoms with E-state index in [0.717, 1.165) is 18.2 Å². The van der Waals surface area contributed by atoms with E-state index in [9.17, 15) is 35.8 Å². The second kappa shape index (κ2) is 12.5. The van der Waals surface area contributed by atoms with Crippen LogP contribution in [-0.2, 0) is 20.2 Å². The summed E-state index contributed by atoms with van der Waals surface area (Å²) in [6.45, 7) is 0. The number of aromatic carboxylic acids is 1. The van der Waals surface area contributed by atoms with Gasteiger partial charge in [-0.05, 0) is 47.9 Å². The van der Waals surface area contributed by atoms with Crippen LogP contribution in [0.5, 0.6) is 5.75 Å². The Balaban J connectivity index is 0.00000341. The van der Waals surface area contributed by atoms with E-state index in [1.165, 1.54) is 24.3 Å². The molecule has 0 amide bonds. The summed E-state index contributed by atoms with van der Waals surface area (Å²) >= 11 is 0. The van der Waals surface area contributed by atoms with Gasteiger partial charge in [-0.25, -0.2) is 4.79 Å². The molecule has 0 heterocycles. The minimum atomic E-state index is -4.86. The first-order chi connectivity index (χ1) is 13.9. The zero-order chi connectivity index (χ0) is 22.3. The number of hydrogen-bond donors (Lipinski definition) is 4. The van der Waals surface area contributed by atoms with Gasteiger partial charge in [0.15, 0.2) is 0 Å². The zero-order valence-electron chi connectivity index (χ0n) is 17.7. The predicted octanol–water partition coefficient (Wildman–Crippen LogP) is 2.01. The van der Waals surface area contributed by atoms with Crippen molar-refractivity contribution < 1.29 is 40.9 Å². The van der Waals surface area contributed by atoms with Crippen LogP contribution in [-0.4, -0.2) is 131 Å². The molecule has 0 aliphatic heterocycles. The molecule has 3 rings (SSSR count). The third-order valence-electron chi connectivity index (χ3n) is 3.94. The third kappa shape index (κ3) is 8.07. The number of benzene rings is 3. The number of fused-ring (bicyclic) bond motifs is 1. The molecule has 16 heteroatoms. The molecule has 0 unspecified atom stereocenters. The van der Waals surface area contributed by atoms with E-state index in [-0.39, 0.29) is 111 Å². The maximum Gasteiger partial charge on any atom is 0.339 e. The van der Waals surface area contributed by atoms with Gasteiger partial charge in [0.1, 0.15) is 16.2 Å². The molecule has 3 aromatic rings. The smallest absolute Gasteiger partial charge is 0.339 e. The fourth-order valence-electron chi connectivity index (χ4n) is 2.58. The maximum atomic E-state index is 11.7. The van der Waals surface area contributed by atoms with Gasteiger partial charge in [-0.1, -0.05) is 6.07 Å². The number of aromatic hydroxyl groups is 1. The molecular formula is C17H12N2Na3O9S2. The molecule has 33 heavy (non-hydrogen) atoms. The minimum absolute atomic E-state index is 0. The summed E-state index contributed by atoms with van der Waals surface area (Å²) in [4.78, 5) is 9.57. The van der Waals surface area contributed by atoms with Crippen molar-refractivity contribution in [3.63, 3.8) is 0 Å². The van der Waals surface area contributed by atoms with E-state index in [1.807, 2.05) is 0 Å². The second-order valence-corrected chi connectivity index (χ2v) is 8.80. The van der Waals surface area contributed by atoms with Gasteiger partial charge in [-0.2, -0.15) is 27.1 Å². The van der Waals surface area contributed by atoms with Gasteiger partial charge in [0.25, 0.3) is 20.2 Å². The van der Waals surface area contributed by atoms with Crippen LogP contribution in [0.25, 0.3) is 10.8 Å². The van der Waals surface area contributed by atoms with Crippen LogP contribution in [0.4, 0.5) is 11.4 Å². The van der Waals surface area contributed by atoms with Crippen LogP contribution in [0.2, 0.25) is 0 Å². The molecule has 0 saturated heterocycles. The van der Waals surface area contributed by atoms with Crippen molar-refractivity contribution in [3.8, 4) is 5.75 Å². The van der Waals surface area contributed by atoms with Gasteiger partial charge < -0.3 is 10.2 Å². The molecule has 4 N–H and O–H groups in total. The Hall–Kier alpha value is -0.390. The normalized spacial score (nSPS) is 11.3. The maximum absolute atomic E-state index is 11.7. The monoisotopic (exact) mass is 521 g/mol. The molecule has 0 saturated carbocycles. The Bertz CT molecular complexity index is 1440. The Kier molecular flexibility index (Phi) is 12.4. The zero-order valence-corrected chi connectivity index (χ0v) is 25.3. The van der Waals surface area contributed by atoms with E-state index in [4.69, 9.17) is 5.11 Å². The molecule has 0 atom stereocenters. The number of carbonyl (C=O) groups is 1. The van der Waals surface area contributed by atoms with E-state index in [2.05, 4.69) is 10.2 Å². The molecule has 0 spiro atoms. The van der Waals surface area contributed by atoms with Crippen LogP contribution in [0.1, 0.15) is 10.4 Å². The number of carboxylic acid groups (broad SMARTS) is 1. The molecule has 0 aromatic heterocycles. The van der Waals surface area contributed by atoms with Crippen molar-refractivity contribution in [2.75, 3.05) is 0 Å². The molecule has 0 fully saturated rings. The molecule has 159 valence electrons. The van der Waals surface area contributed by atoms with Gasteiger partial charge in [0, 0.05) is 94.1 Å². The second-order valence-electron chi connectivity index (χ2n) is 5.98. The number of nitrogens with zero attached hydrogens (tertiary/aromatic N) is 2. The fraction of sp³-hybridized carbons (Fsp3) is 0. The largest absolute Gasteiger partial charge is 0.507 e. The fourth-order valence-corrected chi connectivity index (χ4v) is 3.93. The molecule has 0 aliphatic rings. The van der Waals surface area contributed by atoms with Crippen LogP contribution >= 0.6 is 0 Å². The van der Waals surface area contributed by atoms with Gasteiger partial charge in [0.2, 0.25) is 0 Å². The summed E-state index contributed by atoms with van der Waals surface area (Å²) in [5.41, 5.74) is -0.213. The van der Waals surface area contributed by atoms with Gasteiger partial charge in [-0.3, -0.25) is 9.11 Å². The number of hydrogen-bond acceptors (Lipinski definition) is 8. The summed E-state index contributed by atoms with van der Waals surface area (Å²) in [5.74, 6) is -1.83. The first-order valence-corrected chi connectivity index (χ1v) is 10.7. The first kappa shape index (κ1) is 32.6. The minimum Gasteiger partial charge on any atom is -0.507 e. The molecular weight excluding hydrogens is 509 g/mol. The first-order valence-electron chi connectivity index (χ1n) is 7.87. The Morgan fingerprint density at radius 2 is 1.30 bits per heavy atom. The summed E-state index contributed by atoms with van der Waals surface area (Å²) in [5, 5.41) is 26.2. The average molecular weight is 521 g/mol. The van der Waals surface area contributed by atoms with E-state index < -0.39 is 47.3 Å². The number of carboxylic acids is 1. The van der Waals surface area contributed by atoms with Crippen molar-refractivity contribution in [1.29, 1.82) is 0 Å². The van der Waals surface area contributed by atoms with Crippen LogP contribution in [0.3, 0.4) is 0 Å². The Labute approximate surface area is 254 Å². The molecule has 3 radical (unpaired) electrons. The topological polar surface area (TPSA) is 191 Å². The van der Waals surface area contributed by atoms with Crippen LogP contribution in [0, 0.1) is 0 Å². The van der Waals surface area contributed by atoms with E-state index in [1.54, 1.807) is 0 Å². The quantitative estimate of drug-likeness (QED) is 0.221. The third-order valence-corrected chi connectivity index (χ3v) is 5.67. The molecule has 0 bridgehead atoms. The summed E-state index contributed by atoms with van der Waals surface area (Å²) in [7, 11) is -9.59. The van der Waals surface area contributed by atoms with Gasteiger partial charge >= 0.3 is 5.97 Å². The number of azo groups is 1. The SMILES string of the molecule is O=C(O)c1cc(N=Nc2ccc3cc(S(=O)(=O)O)cc(S(=O)(=O)O)c3c2)ccc1O.[Na].[Na].[Na]. The molecule has 11 nitrogen and oxygen atoms in total. The number of phenols is 1. The van der Waals surface area contributed by atoms with Crippen molar-refractivity contribution in [1.82, 2.24) is 0 Å². The number of rotatable bonds is 5. The standard InChI is InChI=1S/C17H12N2O9S2.3Na/c20-15-4-3-11(7-14(15)17(21)22)19-18-10-2-1-9-5-12(29(23,24)25)8-16(13(9)6-10)30(26,27)28;;;/h1-8,20H,(H,21,22)(H,23,24,25)(H,26,27,28);;;. The Morgan fingerprint density at radius 3 is 1.82 bits per heavy atom. The Morgan fingerprint density at radius 1 is 0.758 bits per heavy atom. The van der Waals surface area contributed by atoms with Gasteiger partial charge in [0.05, 0.1) is 16.3 Å². The summed E-state index contributed by atoms with van der Waals surface area (Å²) in [6.07, 6.45) is 0. The van der Waals surface area contributed by atoms with Gasteiger partial charge in [-0.15, -0.1) is 0 Å². The summed E-state index contributed by atoms with van der Waals surface area (Å²) < 4.78 is 64.8. The average Bonchev–Trinajstić information content (AvgIpc) is 2.64.